The smallest absolute Gasteiger partial charge is 0.0453 e. The molecule has 0 rings (SSSR count). The molecule has 29 valence electrons. The molecular weight excluding hydrogens is 85.5 g/mol. The first-order valence-electron chi connectivity index (χ1n) is 1.25. The summed E-state index contributed by atoms with van der Waals surface area (Å²) < 4.78 is 0. The molecule has 5 heavy (non-hydrogen) atoms. The number of halogens is 1. The first-order chi connectivity index (χ1) is 2.27. The highest BCUT2D eigenvalue weighted by Crippen LogP contribution is 1.88. The second-order valence-electron chi connectivity index (χ2n) is 0.694. The summed E-state index contributed by atoms with van der Waals surface area (Å²) in [6, 6.07) is 0. The molecule has 0 saturated carbocycles. The van der Waals surface area contributed by atoms with Crippen LogP contribution in [0.3, 0.4) is 0 Å². The molecule has 0 aromatic rings. The summed E-state index contributed by atoms with van der Waals surface area (Å²) in [6.07, 6.45) is 0. The first-order valence-corrected chi connectivity index (χ1v) is 1.63. The second-order valence-corrected chi connectivity index (χ2v) is 1.23. The van der Waals surface area contributed by atoms with Gasteiger partial charge < -0.3 is 0 Å². The van der Waals surface area contributed by atoms with Crippen LogP contribution >= 0.6 is 11.6 Å². The zero-order valence-electron chi connectivity index (χ0n) is 2.79. The first kappa shape index (κ1) is 4.99. The zero-order valence-corrected chi connectivity index (χ0v) is 3.55. The Balaban J connectivity index is 2.85. The van der Waals surface area contributed by atoms with Gasteiger partial charge in [-0.3, -0.25) is 5.73 Å². The summed E-state index contributed by atoms with van der Waals surface area (Å²) >= 11 is 5.08. The van der Waals surface area contributed by atoms with E-state index in [1.165, 1.54) is 0 Å². The maximum atomic E-state index is 6.43. The average molecular weight is 90.5 g/mol. The quantitative estimate of drug-likeness (QED) is 0.459. The normalized spacial score (nSPS) is 7.60. The summed E-state index contributed by atoms with van der Waals surface area (Å²) in [4.78, 5) is 0. The van der Waals surface area contributed by atoms with E-state index in [9.17, 15) is 0 Å². The molecule has 0 spiro atoms. The van der Waals surface area contributed by atoms with Gasteiger partial charge in [-0.2, -0.15) is 0 Å². The Morgan fingerprint density at radius 3 is 2.20 bits per heavy atom. The van der Waals surface area contributed by atoms with Gasteiger partial charge in [-0.15, -0.1) is 0 Å². The molecule has 0 aromatic heterocycles. The van der Waals surface area contributed by atoms with Crippen molar-refractivity contribution in [2.75, 3.05) is 6.54 Å². The summed E-state index contributed by atoms with van der Waals surface area (Å²) in [6.45, 7) is 3.38. The lowest BCUT2D eigenvalue weighted by atomic mass is 10.7. The predicted octanol–water partition coefficient (Wildman–Crippen LogP) is 1.02. The van der Waals surface area contributed by atoms with Gasteiger partial charge in [-0.05, 0) is 0 Å². The second kappa shape index (κ2) is 2.24. The van der Waals surface area contributed by atoms with Crippen molar-refractivity contribution in [2.45, 2.75) is 0 Å². The van der Waals surface area contributed by atoms with Crippen molar-refractivity contribution in [2.24, 2.45) is 0 Å². The van der Waals surface area contributed by atoms with Crippen LogP contribution in [0.4, 0.5) is 0 Å². The molecule has 0 aliphatic carbocycles. The van der Waals surface area contributed by atoms with E-state index in [0.29, 0.717) is 5.03 Å². The number of hydrogen-bond acceptors (Lipinski definition) is 0. The maximum Gasteiger partial charge on any atom is 0.0453 e. The number of hydrogen-bond donors (Lipinski definition) is 0. The minimum atomic E-state index is 0.127. The van der Waals surface area contributed by atoms with Crippen LogP contribution in [-0.4, -0.2) is 6.54 Å². The molecule has 0 bridgehead atoms. The molecule has 0 aliphatic rings. The molecule has 0 unspecified atom stereocenters. The molecule has 0 heterocycles. The van der Waals surface area contributed by atoms with Gasteiger partial charge in [0, 0.05) is 11.6 Å². The minimum absolute atomic E-state index is 0.127. The van der Waals surface area contributed by atoms with Crippen LogP contribution in [0.1, 0.15) is 0 Å². The van der Waals surface area contributed by atoms with Gasteiger partial charge >= 0.3 is 0 Å². The van der Waals surface area contributed by atoms with Crippen LogP contribution in [0.5, 0.6) is 0 Å². The van der Waals surface area contributed by atoms with E-state index in [2.05, 4.69) is 6.58 Å². The van der Waals surface area contributed by atoms with Gasteiger partial charge in [0.15, 0.2) is 0 Å². The van der Waals surface area contributed by atoms with Gasteiger partial charge in [-0.25, -0.2) is 0 Å². The van der Waals surface area contributed by atoms with Crippen molar-refractivity contribution in [1.29, 1.82) is 0 Å². The van der Waals surface area contributed by atoms with E-state index >= 15 is 0 Å². The van der Waals surface area contributed by atoms with Gasteiger partial charge in [0.1, 0.15) is 0 Å². The summed E-state index contributed by atoms with van der Waals surface area (Å²) in [5, 5.41) is 0.394. The third kappa shape index (κ3) is 3.99. The lowest BCUT2D eigenvalue weighted by molar-refractivity contribution is 1.18. The van der Waals surface area contributed by atoms with Crippen LogP contribution in [0.25, 0.3) is 0 Å². The van der Waals surface area contributed by atoms with Crippen LogP contribution in [-0.2, 0) is 0 Å². The molecule has 1 radical (unpaired) electrons. The molecular formula is C3H5ClN. The predicted molar refractivity (Wildman–Crippen MR) is 23.0 cm³/mol. The van der Waals surface area contributed by atoms with Crippen LogP contribution in [0, 0.1) is 0 Å². The van der Waals surface area contributed by atoms with Gasteiger partial charge in [-0.1, -0.05) is 18.2 Å². The van der Waals surface area contributed by atoms with Crippen LogP contribution < -0.4 is 5.73 Å². The Labute approximate surface area is 36.4 Å². The number of nitrogens with one attached hydrogen (secondary N) is 1. The summed E-state index contributed by atoms with van der Waals surface area (Å²) in [7, 11) is 0. The minimum Gasteiger partial charge on any atom is -0.252 e. The molecule has 0 atom stereocenters. The summed E-state index contributed by atoms with van der Waals surface area (Å²) in [5.41, 5.74) is 6.43. The molecule has 1 N–H and O–H groups in total. The SMILES string of the molecule is C=C(Cl)C[NH]. The molecule has 0 aromatic carbocycles. The monoisotopic (exact) mass is 90.0 g/mol. The van der Waals surface area contributed by atoms with Gasteiger partial charge in [0.2, 0.25) is 0 Å². The van der Waals surface area contributed by atoms with E-state index in [1.807, 2.05) is 0 Å². The fourth-order valence-corrected chi connectivity index (χ4v) is 0. The molecule has 1 nitrogen and oxygen atoms in total. The van der Waals surface area contributed by atoms with Crippen LogP contribution in [0.2, 0.25) is 0 Å². The highest BCUT2D eigenvalue weighted by Gasteiger charge is 1.72. The fourth-order valence-electron chi connectivity index (χ4n) is 0. The Morgan fingerprint density at radius 1 is 2.00 bits per heavy atom. The van der Waals surface area contributed by atoms with E-state index in [1.54, 1.807) is 0 Å². The Bertz CT molecular complexity index is 42.2. The van der Waals surface area contributed by atoms with E-state index in [-0.39, 0.29) is 6.54 Å². The summed E-state index contributed by atoms with van der Waals surface area (Å²) in [5.74, 6) is 0. The molecule has 0 amide bonds. The van der Waals surface area contributed by atoms with Crippen LogP contribution in [0.15, 0.2) is 11.6 Å². The van der Waals surface area contributed by atoms with E-state index in [0.717, 1.165) is 0 Å². The Hall–Kier alpha value is -0.0100. The highest BCUT2D eigenvalue weighted by atomic mass is 35.5. The Kier molecular flexibility index (Phi) is 2.24. The van der Waals surface area contributed by atoms with Gasteiger partial charge in [0.25, 0.3) is 0 Å². The van der Waals surface area contributed by atoms with Crippen molar-refractivity contribution >= 4 is 11.6 Å². The third-order valence-electron chi connectivity index (χ3n) is 0.192. The standard InChI is InChI=1S/C3H5ClN/c1-3(4)2-5/h5H,1-2H2. The zero-order chi connectivity index (χ0) is 4.28. The molecule has 2 heteroatoms. The highest BCUT2D eigenvalue weighted by molar-refractivity contribution is 6.29. The fraction of sp³-hybridized carbons (Fsp3) is 0.333. The van der Waals surface area contributed by atoms with Crippen molar-refractivity contribution in [3.05, 3.63) is 11.6 Å². The van der Waals surface area contributed by atoms with Crippen molar-refractivity contribution in [3.8, 4) is 0 Å². The topological polar surface area (TPSA) is 23.8 Å². The van der Waals surface area contributed by atoms with Crippen molar-refractivity contribution in [1.82, 2.24) is 5.73 Å². The van der Waals surface area contributed by atoms with Crippen molar-refractivity contribution in [3.63, 3.8) is 0 Å². The molecule has 0 fully saturated rings. The van der Waals surface area contributed by atoms with E-state index < -0.39 is 0 Å². The lowest BCUT2D eigenvalue weighted by Crippen LogP contribution is -1.77. The van der Waals surface area contributed by atoms with Crippen molar-refractivity contribution < 1.29 is 0 Å². The number of rotatable bonds is 1. The largest absolute Gasteiger partial charge is 0.252 e. The lowest BCUT2D eigenvalue weighted by Gasteiger charge is -1.75. The maximum absolute atomic E-state index is 6.43. The molecule has 0 aliphatic heterocycles. The average Bonchev–Trinajstić information content (AvgIpc) is 1.38. The Morgan fingerprint density at radius 2 is 2.20 bits per heavy atom. The third-order valence-corrected chi connectivity index (χ3v) is 0.325. The molecule has 0 saturated heterocycles. The van der Waals surface area contributed by atoms with E-state index in [4.69, 9.17) is 17.3 Å². The van der Waals surface area contributed by atoms with Gasteiger partial charge in [0.05, 0.1) is 0 Å².